The van der Waals surface area contributed by atoms with Crippen molar-refractivity contribution < 1.29 is 33.0 Å². The smallest absolute Gasteiger partial charge is 0.337 e. The molecule has 1 aliphatic carbocycles. The van der Waals surface area contributed by atoms with Crippen LogP contribution in [0.5, 0.6) is 5.75 Å². The minimum atomic E-state index is -1.27. The predicted octanol–water partition coefficient (Wildman–Crippen LogP) is 5.99. The lowest BCUT2D eigenvalue weighted by molar-refractivity contribution is -0.116. The molecule has 0 radical (unpaired) electrons. The third-order valence-corrected chi connectivity index (χ3v) is 8.49. The number of aromatic nitrogens is 1. The van der Waals surface area contributed by atoms with Crippen LogP contribution in [0.1, 0.15) is 39.9 Å². The fraction of sp³-hybridized carbons (Fsp3) is 0.276. The number of halogens is 5. The van der Waals surface area contributed by atoms with Crippen molar-refractivity contribution in [3.8, 4) is 5.75 Å². The minimum absolute atomic E-state index is 0.0169. The Morgan fingerprint density at radius 1 is 1.10 bits per heavy atom. The second-order valence-corrected chi connectivity index (χ2v) is 11.7. The second kappa shape index (κ2) is 10.7. The molecule has 42 heavy (non-hydrogen) atoms. The van der Waals surface area contributed by atoms with Crippen molar-refractivity contribution in [1.82, 2.24) is 4.98 Å². The van der Waals surface area contributed by atoms with E-state index < -0.39 is 23.2 Å². The van der Waals surface area contributed by atoms with E-state index in [1.807, 2.05) is 0 Å². The first-order chi connectivity index (χ1) is 20.0. The first-order valence-electron chi connectivity index (χ1n) is 12.9. The summed E-state index contributed by atoms with van der Waals surface area (Å²) >= 11 is 19.1. The number of ketones is 1. The summed E-state index contributed by atoms with van der Waals surface area (Å²) in [7, 11) is 0. The summed E-state index contributed by atoms with van der Waals surface area (Å²) < 4.78 is 40.4. The van der Waals surface area contributed by atoms with Gasteiger partial charge >= 0.3 is 5.97 Å². The first-order valence-corrected chi connectivity index (χ1v) is 14.0. The van der Waals surface area contributed by atoms with Crippen molar-refractivity contribution in [2.45, 2.75) is 25.0 Å². The number of carboxylic acids is 1. The van der Waals surface area contributed by atoms with E-state index in [1.165, 1.54) is 0 Å². The van der Waals surface area contributed by atoms with Gasteiger partial charge in [0.15, 0.2) is 17.4 Å². The maximum Gasteiger partial charge on any atom is 0.337 e. The van der Waals surface area contributed by atoms with Crippen LogP contribution in [0.15, 0.2) is 42.1 Å². The normalized spacial score (nSPS) is 17.5. The highest BCUT2D eigenvalue weighted by molar-refractivity contribution is 6.38. The van der Waals surface area contributed by atoms with Crippen LogP contribution in [0.2, 0.25) is 15.1 Å². The van der Waals surface area contributed by atoms with Gasteiger partial charge in [-0.2, -0.15) is 0 Å². The maximum absolute atomic E-state index is 14.6. The standard InChI is InChI=1S/C29H22Cl3F2N3O5/c30-19-5-16(33)6-20(31)23(19)25(35)18(26(38)13-1-2-13)10-41-17-3-15-9-42-29(24(15)21(32)7-17)11-37(12-29)27-22(34)4-14(8-36-27)28(39)40/h3-8,13H,1-2,9-12,35H2,(H,39,40). The fourth-order valence-corrected chi connectivity index (χ4v) is 6.43. The lowest BCUT2D eigenvalue weighted by Crippen LogP contribution is -2.60. The number of rotatable bonds is 8. The zero-order valence-corrected chi connectivity index (χ0v) is 24.0. The molecule has 13 heteroatoms. The first kappa shape index (κ1) is 28.7. The molecular formula is C29H22Cl3F2N3O5. The number of benzene rings is 2. The van der Waals surface area contributed by atoms with Crippen molar-refractivity contribution in [3.63, 3.8) is 0 Å². The number of nitrogens with zero attached hydrogens (tertiary/aromatic N) is 2. The number of nitrogens with two attached hydrogens (primary N) is 1. The predicted molar refractivity (Wildman–Crippen MR) is 152 cm³/mol. The Hall–Kier alpha value is -3.44. The number of fused-ring (bicyclic) bond motifs is 2. The quantitative estimate of drug-likeness (QED) is 0.290. The van der Waals surface area contributed by atoms with E-state index in [-0.39, 0.29) is 76.3 Å². The molecule has 0 bridgehead atoms. The Labute approximate surface area is 253 Å². The highest BCUT2D eigenvalue weighted by atomic mass is 35.5. The molecule has 0 atom stereocenters. The molecule has 2 fully saturated rings. The Kier molecular flexibility index (Phi) is 7.29. The number of aromatic carboxylic acids is 1. The number of carbonyl (C=O) groups excluding carboxylic acids is 1. The number of hydrogen-bond donors (Lipinski definition) is 2. The molecule has 1 saturated carbocycles. The SMILES string of the molecule is NC(=C(COc1cc(Cl)c2c(c1)COC21CN(c2ncc(C(=O)O)cc2F)C1)C(=O)C1CC1)c1c(Cl)cc(F)cc1Cl. The average Bonchev–Trinajstić information content (AvgIpc) is 3.67. The van der Waals surface area contributed by atoms with Gasteiger partial charge in [0.05, 0.1) is 51.6 Å². The Morgan fingerprint density at radius 2 is 1.79 bits per heavy atom. The molecule has 2 aromatic carbocycles. The molecule has 3 aliphatic rings. The van der Waals surface area contributed by atoms with Gasteiger partial charge in [-0.05, 0) is 48.7 Å². The molecule has 1 aromatic heterocycles. The lowest BCUT2D eigenvalue weighted by atomic mass is 9.85. The van der Waals surface area contributed by atoms with E-state index in [0.29, 0.717) is 10.8 Å². The molecule has 3 aromatic rings. The minimum Gasteiger partial charge on any atom is -0.489 e. The molecule has 8 nitrogen and oxygen atoms in total. The number of anilines is 1. The van der Waals surface area contributed by atoms with Gasteiger partial charge in [-0.25, -0.2) is 18.6 Å². The monoisotopic (exact) mass is 635 g/mol. The summed E-state index contributed by atoms with van der Waals surface area (Å²) in [5, 5.41) is 9.38. The second-order valence-electron chi connectivity index (χ2n) is 10.5. The Morgan fingerprint density at radius 3 is 2.40 bits per heavy atom. The lowest BCUT2D eigenvalue weighted by Gasteiger charge is -2.48. The zero-order chi connectivity index (χ0) is 29.9. The van der Waals surface area contributed by atoms with Gasteiger partial charge in [-0.1, -0.05) is 34.8 Å². The van der Waals surface area contributed by atoms with Crippen molar-refractivity contribution >= 4 is 58.1 Å². The summed E-state index contributed by atoms with van der Waals surface area (Å²) in [5.74, 6) is -2.62. The van der Waals surface area contributed by atoms with E-state index in [9.17, 15) is 18.4 Å². The topological polar surface area (TPSA) is 115 Å². The number of ether oxygens (including phenoxy) is 2. The third kappa shape index (κ3) is 5.06. The van der Waals surface area contributed by atoms with Gasteiger partial charge in [-0.15, -0.1) is 0 Å². The van der Waals surface area contributed by atoms with E-state index >= 15 is 0 Å². The molecule has 1 spiro atoms. The number of pyridine rings is 1. The number of hydrogen-bond acceptors (Lipinski definition) is 7. The van der Waals surface area contributed by atoms with Crippen LogP contribution in [0, 0.1) is 17.6 Å². The Balaban J connectivity index is 1.23. The molecule has 3 N–H and O–H groups in total. The maximum atomic E-state index is 14.6. The van der Waals surface area contributed by atoms with Crippen molar-refractivity contribution in [1.29, 1.82) is 0 Å². The molecule has 0 amide bonds. The summed E-state index contributed by atoms with van der Waals surface area (Å²) in [6.45, 7) is 0.543. The van der Waals surface area contributed by atoms with Crippen LogP contribution in [-0.4, -0.2) is 41.5 Å². The van der Waals surface area contributed by atoms with Crippen LogP contribution in [0.25, 0.3) is 5.70 Å². The molecule has 218 valence electrons. The molecule has 0 unspecified atom stereocenters. The summed E-state index contributed by atoms with van der Waals surface area (Å²) in [4.78, 5) is 29.9. The van der Waals surface area contributed by atoms with Crippen LogP contribution in [0.4, 0.5) is 14.6 Å². The molecule has 1 saturated heterocycles. The van der Waals surface area contributed by atoms with E-state index in [2.05, 4.69) is 4.98 Å². The van der Waals surface area contributed by atoms with Gasteiger partial charge < -0.3 is 25.2 Å². The zero-order valence-electron chi connectivity index (χ0n) is 21.7. The third-order valence-electron chi connectivity index (χ3n) is 7.60. The summed E-state index contributed by atoms with van der Waals surface area (Å²) in [6.07, 6.45) is 2.56. The van der Waals surface area contributed by atoms with Gasteiger partial charge in [-0.3, -0.25) is 4.79 Å². The number of carboxylic acid groups (broad SMARTS) is 1. The van der Waals surface area contributed by atoms with Crippen LogP contribution >= 0.6 is 34.8 Å². The van der Waals surface area contributed by atoms with Crippen LogP contribution in [-0.2, 0) is 21.7 Å². The molecular weight excluding hydrogens is 615 g/mol. The Bertz CT molecular complexity index is 1670. The number of carbonyl (C=O) groups is 2. The highest BCUT2D eigenvalue weighted by Crippen LogP contribution is 2.49. The van der Waals surface area contributed by atoms with Gasteiger partial charge in [0.1, 0.15) is 23.8 Å². The van der Waals surface area contributed by atoms with Gasteiger partial charge in [0.2, 0.25) is 0 Å². The molecule has 6 rings (SSSR count). The van der Waals surface area contributed by atoms with E-state index in [4.69, 9.17) is 55.1 Å². The molecule has 2 aliphatic heterocycles. The fourth-order valence-electron chi connectivity index (χ4n) is 5.36. The molecule has 3 heterocycles. The van der Waals surface area contributed by atoms with Crippen LogP contribution < -0.4 is 15.4 Å². The van der Waals surface area contributed by atoms with Crippen molar-refractivity contribution in [2.24, 2.45) is 11.7 Å². The van der Waals surface area contributed by atoms with E-state index in [0.717, 1.165) is 48.4 Å². The summed E-state index contributed by atoms with van der Waals surface area (Å²) in [5.41, 5.74) is 7.20. The highest BCUT2D eigenvalue weighted by Gasteiger charge is 2.52. The van der Waals surface area contributed by atoms with E-state index in [1.54, 1.807) is 17.0 Å². The van der Waals surface area contributed by atoms with Crippen LogP contribution in [0.3, 0.4) is 0 Å². The average molecular weight is 637 g/mol. The number of Topliss-reactive ketones (excluding diaryl/α,β-unsaturated/α-hetero) is 1. The summed E-state index contributed by atoms with van der Waals surface area (Å²) in [6, 6.07) is 6.43. The van der Waals surface area contributed by atoms with Gasteiger partial charge in [0.25, 0.3) is 0 Å². The van der Waals surface area contributed by atoms with Crippen molar-refractivity contribution in [3.05, 3.63) is 91.1 Å². The van der Waals surface area contributed by atoms with Crippen molar-refractivity contribution in [2.75, 3.05) is 24.6 Å². The largest absolute Gasteiger partial charge is 0.489 e. The van der Waals surface area contributed by atoms with Gasteiger partial charge in [0, 0.05) is 23.2 Å².